The van der Waals surface area contributed by atoms with Crippen molar-refractivity contribution < 1.29 is 0 Å². The highest BCUT2D eigenvalue weighted by Crippen LogP contribution is 2.31. The van der Waals surface area contributed by atoms with Gasteiger partial charge in [0.1, 0.15) is 10.7 Å². The molecule has 2 aromatic heterocycles. The Bertz CT molecular complexity index is 688. The third-order valence-corrected chi connectivity index (χ3v) is 4.02. The number of anilines is 2. The molecule has 10 heteroatoms. The summed E-state index contributed by atoms with van der Waals surface area (Å²) in [4.78, 5) is 25.6. The molecular formula is C8H10N6O2S2. The van der Waals surface area contributed by atoms with E-state index in [9.17, 15) is 9.59 Å². The lowest BCUT2D eigenvalue weighted by Crippen LogP contribution is -2.32. The number of aromatic amines is 1. The number of hydrogen-bond acceptors (Lipinski definition) is 8. The van der Waals surface area contributed by atoms with Gasteiger partial charge in [0.05, 0.1) is 0 Å². The molecular weight excluding hydrogens is 276 g/mol. The van der Waals surface area contributed by atoms with Crippen LogP contribution in [0.5, 0.6) is 0 Å². The maximum atomic E-state index is 11.7. The summed E-state index contributed by atoms with van der Waals surface area (Å²) in [5, 5.41) is 7.72. The quantitative estimate of drug-likeness (QED) is 0.706. The van der Waals surface area contributed by atoms with E-state index in [1.54, 1.807) is 6.92 Å². The van der Waals surface area contributed by atoms with Crippen molar-refractivity contribution in [1.29, 1.82) is 0 Å². The van der Waals surface area contributed by atoms with Gasteiger partial charge in [0.15, 0.2) is 4.34 Å². The number of nitrogens with two attached hydrogens (primary N) is 2. The minimum atomic E-state index is -0.541. The van der Waals surface area contributed by atoms with Crippen LogP contribution < -0.4 is 22.7 Å². The molecule has 0 fully saturated rings. The molecule has 2 aromatic rings. The Labute approximate surface area is 109 Å². The summed E-state index contributed by atoms with van der Waals surface area (Å²) in [6.45, 7) is 2.13. The molecule has 0 unspecified atom stereocenters. The Morgan fingerprint density at radius 2 is 2.11 bits per heavy atom. The van der Waals surface area contributed by atoms with Gasteiger partial charge < -0.3 is 11.5 Å². The van der Waals surface area contributed by atoms with Crippen molar-refractivity contribution in [2.45, 2.75) is 22.7 Å². The third-order valence-electron chi connectivity index (χ3n) is 2.12. The second-order valence-corrected chi connectivity index (χ2v) is 5.49. The van der Waals surface area contributed by atoms with E-state index >= 15 is 0 Å². The number of hydrogen-bond donors (Lipinski definition) is 3. The first-order chi connectivity index (χ1) is 8.52. The molecule has 18 heavy (non-hydrogen) atoms. The standard InChI is InChI=1S/C8H10N6O2S2/c1-2-14-4(9)3(5(15)11-7(14)16)17-8-13-12-6(10)18-8/h2,9H2,1H3,(H2,10,12)(H,11,15,16). The van der Waals surface area contributed by atoms with E-state index in [4.69, 9.17) is 11.5 Å². The maximum absolute atomic E-state index is 11.7. The van der Waals surface area contributed by atoms with Crippen LogP contribution in [0.4, 0.5) is 10.9 Å². The zero-order chi connectivity index (χ0) is 13.3. The Balaban J connectivity index is 2.51. The molecule has 0 aliphatic heterocycles. The summed E-state index contributed by atoms with van der Waals surface area (Å²) in [7, 11) is 0. The number of nitrogens with zero attached hydrogens (tertiary/aromatic N) is 3. The van der Waals surface area contributed by atoms with Gasteiger partial charge in [-0.15, -0.1) is 10.2 Å². The summed E-state index contributed by atoms with van der Waals surface area (Å²) in [5.74, 6) is 0.116. The smallest absolute Gasteiger partial charge is 0.329 e. The summed E-state index contributed by atoms with van der Waals surface area (Å²) >= 11 is 2.18. The van der Waals surface area contributed by atoms with Gasteiger partial charge >= 0.3 is 5.69 Å². The average Bonchev–Trinajstić information content (AvgIpc) is 2.70. The lowest BCUT2D eigenvalue weighted by molar-refractivity contribution is 0.690. The normalized spacial score (nSPS) is 10.7. The molecule has 0 spiro atoms. The van der Waals surface area contributed by atoms with Crippen molar-refractivity contribution in [3.05, 3.63) is 20.8 Å². The fourth-order valence-corrected chi connectivity index (χ4v) is 2.96. The van der Waals surface area contributed by atoms with Crippen molar-refractivity contribution in [1.82, 2.24) is 19.7 Å². The lowest BCUT2D eigenvalue weighted by atomic mass is 10.5. The number of rotatable bonds is 3. The van der Waals surface area contributed by atoms with Gasteiger partial charge in [-0.05, 0) is 18.7 Å². The highest BCUT2D eigenvalue weighted by molar-refractivity contribution is 8.01. The lowest BCUT2D eigenvalue weighted by Gasteiger charge is -2.08. The van der Waals surface area contributed by atoms with E-state index in [1.807, 2.05) is 0 Å². The topological polar surface area (TPSA) is 133 Å². The van der Waals surface area contributed by atoms with E-state index in [0.29, 0.717) is 16.0 Å². The van der Waals surface area contributed by atoms with Crippen LogP contribution >= 0.6 is 23.1 Å². The molecule has 0 aliphatic carbocycles. The Kier molecular flexibility index (Phi) is 3.39. The van der Waals surface area contributed by atoms with Gasteiger partial charge in [0, 0.05) is 6.54 Å². The average molecular weight is 286 g/mol. The van der Waals surface area contributed by atoms with Crippen LogP contribution in [0.15, 0.2) is 18.8 Å². The first-order valence-electron chi connectivity index (χ1n) is 4.92. The first kappa shape index (κ1) is 12.6. The van der Waals surface area contributed by atoms with Gasteiger partial charge in [-0.2, -0.15) is 0 Å². The third kappa shape index (κ3) is 2.24. The molecule has 0 atom stereocenters. The van der Waals surface area contributed by atoms with Gasteiger partial charge in [0.2, 0.25) is 5.13 Å². The Morgan fingerprint density at radius 3 is 2.67 bits per heavy atom. The molecule has 0 radical (unpaired) electrons. The van der Waals surface area contributed by atoms with Crippen LogP contribution in [0.3, 0.4) is 0 Å². The van der Waals surface area contributed by atoms with Gasteiger partial charge in [-0.1, -0.05) is 11.3 Å². The molecule has 0 aromatic carbocycles. The Hall–Kier alpha value is -1.81. The Morgan fingerprint density at radius 1 is 1.39 bits per heavy atom. The monoisotopic (exact) mass is 286 g/mol. The fraction of sp³-hybridized carbons (Fsp3) is 0.250. The largest absolute Gasteiger partial charge is 0.384 e. The molecule has 2 heterocycles. The summed E-state index contributed by atoms with van der Waals surface area (Å²) in [5.41, 5.74) is 10.2. The van der Waals surface area contributed by atoms with Crippen LogP contribution in [-0.4, -0.2) is 19.7 Å². The van der Waals surface area contributed by atoms with Crippen LogP contribution in [-0.2, 0) is 6.54 Å². The number of aromatic nitrogens is 4. The van der Waals surface area contributed by atoms with Crippen molar-refractivity contribution in [3.63, 3.8) is 0 Å². The highest BCUT2D eigenvalue weighted by atomic mass is 32.2. The molecule has 2 rings (SSSR count). The molecule has 5 N–H and O–H groups in total. The summed E-state index contributed by atoms with van der Waals surface area (Å²) < 4.78 is 1.76. The minimum absolute atomic E-state index is 0.116. The van der Waals surface area contributed by atoms with Crippen molar-refractivity contribution in [3.8, 4) is 0 Å². The SMILES string of the molecule is CCn1c(N)c(Sc2nnc(N)s2)c(=O)[nH]c1=O. The number of H-pyrrole nitrogens is 1. The highest BCUT2D eigenvalue weighted by Gasteiger charge is 2.14. The van der Waals surface area contributed by atoms with Gasteiger partial charge in [-0.25, -0.2) is 4.79 Å². The van der Waals surface area contributed by atoms with Crippen LogP contribution in [0.25, 0.3) is 0 Å². The van der Waals surface area contributed by atoms with Gasteiger partial charge in [0.25, 0.3) is 5.56 Å². The van der Waals surface area contributed by atoms with Gasteiger partial charge in [-0.3, -0.25) is 14.3 Å². The molecule has 8 nitrogen and oxygen atoms in total. The molecule has 0 aliphatic rings. The maximum Gasteiger partial charge on any atom is 0.329 e. The van der Waals surface area contributed by atoms with Crippen molar-refractivity contribution in [2.24, 2.45) is 0 Å². The molecule has 0 saturated carbocycles. The van der Waals surface area contributed by atoms with Crippen LogP contribution in [0, 0.1) is 0 Å². The number of nitrogens with one attached hydrogen (secondary N) is 1. The first-order valence-corrected chi connectivity index (χ1v) is 6.55. The molecule has 96 valence electrons. The molecule has 0 bridgehead atoms. The van der Waals surface area contributed by atoms with Crippen molar-refractivity contribution >= 4 is 34.0 Å². The van der Waals surface area contributed by atoms with E-state index in [-0.39, 0.29) is 10.7 Å². The van der Waals surface area contributed by atoms with Crippen LogP contribution in [0.1, 0.15) is 6.92 Å². The molecule has 0 saturated heterocycles. The zero-order valence-electron chi connectivity index (χ0n) is 9.34. The number of nitrogen functional groups attached to an aromatic ring is 2. The van der Waals surface area contributed by atoms with E-state index in [2.05, 4.69) is 15.2 Å². The second kappa shape index (κ2) is 4.82. The minimum Gasteiger partial charge on any atom is -0.384 e. The zero-order valence-corrected chi connectivity index (χ0v) is 11.0. The predicted octanol–water partition coefficient (Wildman–Crippen LogP) is -0.276. The van der Waals surface area contributed by atoms with E-state index in [1.165, 1.54) is 4.57 Å². The summed E-state index contributed by atoms with van der Waals surface area (Å²) in [6, 6.07) is 0. The predicted molar refractivity (Wildman–Crippen MR) is 69.9 cm³/mol. The van der Waals surface area contributed by atoms with E-state index in [0.717, 1.165) is 23.1 Å². The fourth-order valence-electron chi connectivity index (χ4n) is 1.33. The van der Waals surface area contributed by atoms with Crippen molar-refractivity contribution in [2.75, 3.05) is 11.5 Å². The molecule has 0 amide bonds. The summed E-state index contributed by atoms with van der Waals surface area (Å²) in [6.07, 6.45) is 0. The van der Waals surface area contributed by atoms with Crippen LogP contribution in [0.2, 0.25) is 0 Å². The van der Waals surface area contributed by atoms with E-state index < -0.39 is 11.2 Å². The second-order valence-electron chi connectivity index (χ2n) is 3.23.